The second-order valence-corrected chi connectivity index (χ2v) is 7.56. The van der Waals surface area contributed by atoms with Gasteiger partial charge in [-0.25, -0.2) is 4.79 Å². The monoisotopic (exact) mass is 438 g/mol. The van der Waals surface area contributed by atoms with Gasteiger partial charge in [0.1, 0.15) is 10.6 Å². The van der Waals surface area contributed by atoms with Crippen LogP contribution in [0.25, 0.3) is 10.1 Å². The highest BCUT2D eigenvalue weighted by atomic mass is 35.5. The molecule has 1 atom stereocenters. The molecule has 0 aliphatic rings. The van der Waals surface area contributed by atoms with Gasteiger partial charge in [0.15, 0.2) is 6.10 Å². The van der Waals surface area contributed by atoms with E-state index in [1.54, 1.807) is 24.3 Å². The summed E-state index contributed by atoms with van der Waals surface area (Å²) in [6.45, 7) is 1.36. The van der Waals surface area contributed by atoms with E-state index in [9.17, 15) is 19.7 Å². The summed E-state index contributed by atoms with van der Waals surface area (Å²) >= 11 is 13.3. The molecule has 1 heterocycles. The molecule has 144 valence electrons. The van der Waals surface area contributed by atoms with E-state index in [0.29, 0.717) is 15.1 Å². The van der Waals surface area contributed by atoms with Crippen LogP contribution >= 0.6 is 34.5 Å². The molecular weight excluding hydrogens is 427 g/mol. The Morgan fingerprint density at radius 2 is 1.93 bits per heavy atom. The molecule has 1 unspecified atom stereocenters. The number of esters is 1. The number of nitrogens with zero attached hydrogens (tertiary/aromatic N) is 1. The summed E-state index contributed by atoms with van der Waals surface area (Å²) in [5, 5.41) is 14.8. The van der Waals surface area contributed by atoms with Crippen molar-refractivity contribution in [2.45, 2.75) is 13.0 Å². The Labute approximate surface area is 173 Å². The molecule has 1 N–H and O–H groups in total. The molecule has 2 aromatic carbocycles. The second kappa shape index (κ2) is 8.14. The van der Waals surface area contributed by atoms with E-state index in [1.807, 2.05) is 0 Å². The lowest BCUT2D eigenvalue weighted by Crippen LogP contribution is -2.30. The maximum absolute atomic E-state index is 12.4. The summed E-state index contributed by atoms with van der Waals surface area (Å²) in [4.78, 5) is 35.3. The number of halogens is 2. The minimum atomic E-state index is -1.20. The van der Waals surface area contributed by atoms with E-state index < -0.39 is 22.9 Å². The number of carbonyl (C=O) groups is 2. The van der Waals surface area contributed by atoms with Crippen molar-refractivity contribution in [2.24, 2.45) is 0 Å². The van der Waals surface area contributed by atoms with Gasteiger partial charge in [0.2, 0.25) is 0 Å². The molecule has 10 heteroatoms. The number of para-hydroxylation sites is 2. The third-order valence-electron chi connectivity index (χ3n) is 3.79. The van der Waals surface area contributed by atoms with Crippen molar-refractivity contribution < 1.29 is 19.2 Å². The lowest BCUT2D eigenvalue weighted by molar-refractivity contribution is -0.383. The van der Waals surface area contributed by atoms with Gasteiger partial charge in [-0.2, -0.15) is 0 Å². The van der Waals surface area contributed by atoms with Crippen molar-refractivity contribution in [3.8, 4) is 0 Å². The number of anilines is 1. The molecule has 0 fully saturated rings. The Balaban J connectivity index is 1.75. The predicted octanol–water partition coefficient (Wildman–Crippen LogP) is 5.30. The van der Waals surface area contributed by atoms with Crippen LogP contribution in [0.1, 0.15) is 16.6 Å². The SMILES string of the molecule is CC(OC(=O)c1sc2cc(Cl)ccc2c1Cl)C(=O)Nc1ccccc1[N+](=O)[O-]. The molecule has 0 aliphatic carbocycles. The van der Waals surface area contributed by atoms with E-state index in [2.05, 4.69) is 5.32 Å². The van der Waals surface area contributed by atoms with Crippen LogP contribution in [0.15, 0.2) is 42.5 Å². The average Bonchev–Trinajstić information content (AvgIpc) is 2.97. The average molecular weight is 439 g/mol. The van der Waals surface area contributed by atoms with E-state index in [-0.39, 0.29) is 21.3 Å². The van der Waals surface area contributed by atoms with Crippen molar-refractivity contribution in [3.63, 3.8) is 0 Å². The minimum Gasteiger partial charge on any atom is -0.448 e. The Kier molecular flexibility index (Phi) is 5.83. The summed E-state index contributed by atoms with van der Waals surface area (Å²) in [6.07, 6.45) is -1.20. The number of ether oxygens (including phenoxy) is 1. The molecule has 1 aromatic heterocycles. The van der Waals surface area contributed by atoms with Crippen molar-refractivity contribution in [1.82, 2.24) is 0 Å². The molecule has 1 amide bonds. The Hall–Kier alpha value is -2.68. The largest absolute Gasteiger partial charge is 0.448 e. The summed E-state index contributed by atoms with van der Waals surface area (Å²) in [7, 11) is 0. The highest BCUT2D eigenvalue weighted by molar-refractivity contribution is 7.21. The predicted molar refractivity (Wildman–Crippen MR) is 108 cm³/mol. The van der Waals surface area contributed by atoms with Gasteiger partial charge < -0.3 is 10.1 Å². The second-order valence-electron chi connectivity index (χ2n) is 5.70. The molecular formula is C18H12Cl2N2O5S. The van der Waals surface area contributed by atoms with Gasteiger partial charge in [0, 0.05) is 21.2 Å². The van der Waals surface area contributed by atoms with Gasteiger partial charge >= 0.3 is 5.97 Å². The minimum absolute atomic E-state index is 0.00920. The van der Waals surface area contributed by atoms with Crippen LogP contribution in [0.5, 0.6) is 0 Å². The topological polar surface area (TPSA) is 98.5 Å². The maximum Gasteiger partial charge on any atom is 0.350 e. The van der Waals surface area contributed by atoms with Crippen LogP contribution < -0.4 is 5.32 Å². The van der Waals surface area contributed by atoms with Crippen LogP contribution in [0.3, 0.4) is 0 Å². The van der Waals surface area contributed by atoms with Crippen molar-refractivity contribution in [1.29, 1.82) is 0 Å². The van der Waals surface area contributed by atoms with Gasteiger partial charge in [0.25, 0.3) is 11.6 Å². The number of amides is 1. The van der Waals surface area contributed by atoms with E-state index in [4.69, 9.17) is 27.9 Å². The van der Waals surface area contributed by atoms with Gasteiger partial charge in [-0.1, -0.05) is 41.4 Å². The zero-order valence-electron chi connectivity index (χ0n) is 14.3. The first-order valence-electron chi connectivity index (χ1n) is 7.90. The summed E-state index contributed by atoms with van der Waals surface area (Å²) in [6, 6.07) is 10.7. The van der Waals surface area contributed by atoms with E-state index in [1.165, 1.54) is 25.1 Å². The number of carbonyl (C=O) groups excluding carboxylic acids is 2. The number of hydrogen-bond donors (Lipinski definition) is 1. The Morgan fingerprint density at radius 3 is 2.64 bits per heavy atom. The van der Waals surface area contributed by atoms with Crippen LogP contribution in [-0.2, 0) is 9.53 Å². The number of nitrogens with one attached hydrogen (secondary N) is 1. The lowest BCUT2D eigenvalue weighted by atomic mass is 10.2. The highest BCUT2D eigenvalue weighted by Gasteiger charge is 2.25. The third-order valence-corrected chi connectivity index (χ3v) is 5.66. The van der Waals surface area contributed by atoms with Gasteiger partial charge in [-0.3, -0.25) is 14.9 Å². The standard InChI is InChI=1S/C18H12Cl2N2O5S/c1-9(17(23)21-12-4-2-3-5-13(12)22(25)26)27-18(24)16-15(20)11-7-6-10(19)8-14(11)28-16/h2-9H,1H3,(H,21,23). The van der Waals surface area contributed by atoms with Crippen molar-refractivity contribution >= 4 is 67.9 Å². The molecule has 0 saturated heterocycles. The van der Waals surface area contributed by atoms with Crippen molar-refractivity contribution in [2.75, 3.05) is 5.32 Å². The number of benzene rings is 2. The van der Waals surface area contributed by atoms with E-state index >= 15 is 0 Å². The first kappa shape index (κ1) is 20.1. The summed E-state index contributed by atoms with van der Waals surface area (Å²) < 4.78 is 5.89. The normalized spacial score (nSPS) is 11.8. The highest BCUT2D eigenvalue weighted by Crippen LogP contribution is 2.37. The smallest absolute Gasteiger partial charge is 0.350 e. The first-order valence-corrected chi connectivity index (χ1v) is 9.48. The summed E-state index contributed by atoms with van der Waals surface area (Å²) in [5.74, 6) is -1.48. The molecule has 0 radical (unpaired) electrons. The number of thiophene rings is 1. The lowest BCUT2D eigenvalue weighted by Gasteiger charge is -2.13. The third kappa shape index (κ3) is 4.09. The molecule has 3 rings (SSSR count). The van der Waals surface area contributed by atoms with Gasteiger partial charge in [-0.05, 0) is 25.1 Å². The zero-order valence-corrected chi connectivity index (χ0v) is 16.6. The van der Waals surface area contributed by atoms with Crippen LogP contribution in [-0.4, -0.2) is 22.9 Å². The Morgan fingerprint density at radius 1 is 1.21 bits per heavy atom. The number of nitro groups is 1. The summed E-state index contributed by atoms with van der Waals surface area (Å²) in [5.41, 5.74) is -0.256. The van der Waals surface area contributed by atoms with Crippen LogP contribution in [0, 0.1) is 10.1 Å². The molecule has 28 heavy (non-hydrogen) atoms. The van der Waals surface area contributed by atoms with Gasteiger partial charge in [0.05, 0.1) is 9.95 Å². The van der Waals surface area contributed by atoms with Crippen LogP contribution in [0.2, 0.25) is 10.0 Å². The molecule has 3 aromatic rings. The molecule has 0 spiro atoms. The molecule has 0 bridgehead atoms. The quantitative estimate of drug-likeness (QED) is 0.331. The van der Waals surface area contributed by atoms with Crippen LogP contribution in [0.4, 0.5) is 11.4 Å². The number of nitro benzene ring substituents is 1. The molecule has 0 aliphatic heterocycles. The fourth-order valence-electron chi connectivity index (χ4n) is 2.41. The van der Waals surface area contributed by atoms with E-state index in [0.717, 1.165) is 11.3 Å². The fourth-order valence-corrected chi connectivity index (χ4v) is 4.08. The Bertz CT molecular complexity index is 1100. The van der Waals surface area contributed by atoms with Crippen molar-refractivity contribution in [3.05, 3.63) is 67.5 Å². The maximum atomic E-state index is 12.4. The zero-order chi connectivity index (χ0) is 20.4. The number of fused-ring (bicyclic) bond motifs is 1. The number of hydrogen-bond acceptors (Lipinski definition) is 6. The first-order chi connectivity index (χ1) is 13.3. The number of rotatable bonds is 5. The fraction of sp³-hybridized carbons (Fsp3) is 0.111. The molecule has 0 saturated carbocycles. The van der Waals surface area contributed by atoms with Gasteiger partial charge in [-0.15, -0.1) is 11.3 Å². The molecule has 7 nitrogen and oxygen atoms in total.